The average Bonchev–Trinajstić information content (AvgIpc) is 3.05. The topological polar surface area (TPSA) is 59.0 Å². The lowest BCUT2D eigenvalue weighted by Gasteiger charge is -2.22. The van der Waals surface area contributed by atoms with Crippen LogP contribution in [0.25, 0.3) is 11.0 Å². The summed E-state index contributed by atoms with van der Waals surface area (Å²) in [6, 6.07) is 11.4. The second-order valence-corrected chi connectivity index (χ2v) is 7.03. The van der Waals surface area contributed by atoms with Gasteiger partial charge in [-0.1, -0.05) is 32.0 Å². The summed E-state index contributed by atoms with van der Waals surface area (Å²) in [4.78, 5) is 16.9. The number of hydrogen-bond acceptors (Lipinski definition) is 3. The molecule has 7 heteroatoms. The van der Waals surface area contributed by atoms with E-state index in [1.165, 1.54) is 6.33 Å². The summed E-state index contributed by atoms with van der Waals surface area (Å²) in [7, 11) is 0. The SMILES string of the molecule is CC(C)C(C(=O)NCCCNc1ccccc1)n1cnc2cc(F)c(F)cc21. The van der Waals surface area contributed by atoms with Gasteiger partial charge in [0.1, 0.15) is 6.04 Å². The predicted molar refractivity (Wildman–Crippen MR) is 106 cm³/mol. The highest BCUT2D eigenvalue weighted by Crippen LogP contribution is 2.25. The minimum Gasteiger partial charge on any atom is -0.385 e. The molecule has 1 unspecified atom stereocenters. The Morgan fingerprint density at radius 2 is 1.82 bits per heavy atom. The van der Waals surface area contributed by atoms with E-state index in [0.29, 0.717) is 17.6 Å². The number of carbonyl (C=O) groups is 1. The smallest absolute Gasteiger partial charge is 0.243 e. The zero-order valence-electron chi connectivity index (χ0n) is 16.0. The van der Waals surface area contributed by atoms with Crippen molar-refractivity contribution in [2.75, 3.05) is 18.4 Å². The van der Waals surface area contributed by atoms with Crippen LogP contribution >= 0.6 is 0 Å². The number of nitrogens with zero attached hydrogens (tertiary/aromatic N) is 2. The molecule has 2 N–H and O–H groups in total. The van der Waals surface area contributed by atoms with Crippen molar-refractivity contribution < 1.29 is 13.6 Å². The number of nitrogens with one attached hydrogen (secondary N) is 2. The van der Waals surface area contributed by atoms with Crippen LogP contribution in [0.3, 0.4) is 0 Å². The van der Waals surface area contributed by atoms with Gasteiger partial charge in [-0.2, -0.15) is 0 Å². The molecule has 5 nitrogen and oxygen atoms in total. The van der Waals surface area contributed by atoms with Gasteiger partial charge in [-0.05, 0) is 24.5 Å². The third kappa shape index (κ3) is 4.47. The molecule has 28 heavy (non-hydrogen) atoms. The third-order valence-electron chi connectivity index (χ3n) is 4.57. The molecule has 0 saturated carbocycles. The van der Waals surface area contributed by atoms with Crippen molar-refractivity contribution in [3.63, 3.8) is 0 Å². The fraction of sp³-hybridized carbons (Fsp3) is 0.333. The van der Waals surface area contributed by atoms with Crippen molar-refractivity contribution in [3.05, 3.63) is 60.4 Å². The van der Waals surface area contributed by atoms with Crippen LogP contribution in [-0.2, 0) is 4.79 Å². The second kappa shape index (κ2) is 8.82. The summed E-state index contributed by atoms with van der Waals surface area (Å²) in [5.74, 6) is -2.12. The number of anilines is 1. The van der Waals surface area contributed by atoms with E-state index in [9.17, 15) is 13.6 Å². The van der Waals surface area contributed by atoms with E-state index in [4.69, 9.17) is 0 Å². The van der Waals surface area contributed by atoms with E-state index in [1.807, 2.05) is 44.2 Å². The Hall–Kier alpha value is -2.96. The summed E-state index contributed by atoms with van der Waals surface area (Å²) < 4.78 is 28.7. The Kier molecular flexibility index (Phi) is 6.23. The Morgan fingerprint density at radius 1 is 1.11 bits per heavy atom. The normalized spacial score (nSPS) is 12.3. The van der Waals surface area contributed by atoms with Crippen LogP contribution in [-0.4, -0.2) is 28.5 Å². The predicted octanol–water partition coefficient (Wildman–Crippen LogP) is 4.13. The van der Waals surface area contributed by atoms with Crippen LogP contribution in [0, 0.1) is 17.6 Å². The molecule has 2 aromatic carbocycles. The van der Waals surface area contributed by atoms with Crippen molar-refractivity contribution in [1.29, 1.82) is 0 Å². The van der Waals surface area contributed by atoms with Crippen LogP contribution in [0.5, 0.6) is 0 Å². The first kappa shape index (κ1) is 19.8. The Morgan fingerprint density at radius 3 is 2.54 bits per heavy atom. The summed E-state index contributed by atoms with van der Waals surface area (Å²) >= 11 is 0. The van der Waals surface area contributed by atoms with E-state index in [0.717, 1.165) is 30.8 Å². The molecule has 1 aromatic heterocycles. The fourth-order valence-electron chi connectivity index (χ4n) is 3.19. The molecule has 0 fully saturated rings. The number of para-hydroxylation sites is 1. The van der Waals surface area contributed by atoms with Gasteiger partial charge >= 0.3 is 0 Å². The molecule has 0 bridgehead atoms. The van der Waals surface area contributed by atoms with Gasteiger partial charge in [-0.25, -0.2) is 13.8 Å². The number of fused-ring (bicyclic) bond motifs is 1. The van der Waals surface area contributed by atoms with Gasteiger partial charge in [0.2, 0.25) is 5.91 Å². The van der Waals surface area contributed by atoms with Crippen LogP contribution in [0.4, 0.5) is 14.5 Å². The first-order valence-electron chi connectivity index (χ1n) is 9.35. The molecule has 0 radical (unpaired) electrons. The van der Waals surface area contributed by atoms with Crippen molar-refractivity contribution >= 4 is 22.6 Å². The number of rotatable bonds is 8. The number of imidazole rings is 1. The largest absolute Gasteiger partial charge is 0.385 e. The van der Waals surface area contributed by atoms with E-state index in [1.54, 1.807) is 4.57 Å². The highest BCUT2D eigenvalue weighted by molar-refractivity contribution is 5.84. The maximum atomic E-state index is 13.7. The molecular formula is C21H24F2N4O. The summed E-state index contributed by atoms with van der Waals surface area (Å²) in [5, 5.41) is 6.22. The van der Waals surface area contributed by atoms with Gasteiger partial charge in [-0.15, -0.1) is 0 Å². The Bertz CT molecular complexity index is 940. The molecule has 3 rings (SSSR count). The summed E-state index contributed by atoms with van der Waals surface area (Å²) in [6.45, 7) is 5.06. The van der Waals surface area contributed by atoms with E-state index < -0.39 is 17.7 Å². The number of hydrogen-bond donors (Lipinski definition) is 2. The monoisotopic (exact) mass is 386 g/mol. The fourth-order valence-corrected chi connectivity index (χ4v) is 3.19. The minimum atomic E-state index is -0.954. The maximum Gasteiger partial charge on any atom is 0.243 e. The highest BCUT2D eigenvalue weighted by Gasteiger charge is 2.26. The number of carbonyl (C=O) groups excluding carboxylic acids is 1. The molecule has 0 aliphatic heterocycles. The van der Waals surface area contributed by atoms with E-state index >= 15 is 0 Å². The first-order valence-corrected chi connectivity index (χ1v) is 9.35. The van der Waals surface area contributed by atoms with Gasteiger partial charge in [0.15, 0.2) is 11.6 Å². The van der Waals surface area contributed by atoms with Crippen LogP contribution < -0.4 is 10.6 Å². The molecule has 1 amide bonds. The van der Waals surface area contributed by atoms with Crippen LogP contribution in [0.1, 0.15) is 26.3 Å². The second-order valence-electron chi connectivity index (χ2n) is 7.03. The molecule has 0 aliphatic rings. The lowest BCUT2D eigenvalue weighted by atomic mass is 10.0. The van der Waals surface area contributed by atoms with Gasteiger partial charge in [0.25, 0.3) is 0 Å². The van der Waals surface area contributed by atoms with Gasteiger partial charge < -0.3 is 15.2 Å². The zero-order chi connectivity index (χ0) is 20.1. The van der Waals surface area contributed by atoms with Crippen molar-refractivity contribution in [3.8, 4) is 0 Å². The lowest BCUT2D eigenvalue weighted by Crippen LogP contribution is -2.36. The number of halogens is 2. The highest BCUT2D eigenvalue weighted by atomic mass is 19.2. The standard InChI is InChI=1S/C21H24F2N4O/c1-14(2)20(27-13-26-18-11-16(22)17(23)12-19(18)27)21(28)25-10-6-9-24-15-7-4-3-5-8-15/h3-5,7-8,11-14,20,24H,6,9-10H2,1-2H3,(H,25,28). The molecule has 0 saturated heterocycles. The van der Waals surface area contributed by atoms with Crippen molar-refractivity contribution in [2.24, 2.45) is 5.92 Å². The van der Waals surface area contributed by atoms with Crippen LogP contribution in [0.2, 0.25) is 0 Å². The number of benzene rings is 2. The summed E-state index contributed by atoms with van der Waals surface area (Å²) in [5.41, 5.74) is 1.76. The first-order chi connectivity index (χ1) is 13.5. The lowest BCUT2D eigenvalue weighted by molar-refractivity contribution is -0.125. The maximum absolute atomic E-state index is 13.7. The number of aromatic nitrogens is 2. The molecule has 3 aromatic rings. The van der Waals surface area contributed by atoms with Crippen molar-refractivity contribution in [2.45, 2.75) is 26.3 Å². The Labute approximate surface area is 162 Å². The number of amides is 1. The zero-order valence-corrected chi connectivity index (χ0v) is 16.0. The molecule has 1 heterocycles. The Balaban J connectivity index is 1.62. The van der Waals surface area contributed by atoms with Gasteiger partial charge in [-0.3, -0.25) is 4.79 Å². The third-order valence-corrected chi connectivity index (χ3v) is 4.57. The quantitative estimate of drug-likeness (QED) is 0.573. The molecule has 0 spiro atoms. The van der Waals surface area contributed by atoms with Crippen LogP contribution in [0.15, 0.2) is 48.8 Å². The van der Waals surface area contributed by atoms with E-state index in [-0.39, 0.29) is 11.8 Å². The molecule has 1 atom stereocenters. The average molecular weight is 386 g/mol. The van der Waals surface area contributed by atoms with Gasteiger partial charge in [0.05, 0.1) is 17.4 Å². The van der Waals surface area contributed by atoms with Crippen molar-refractivity contribution in [1.82, 2.24) is 14.9 Å². The van der Waals surface area contributed by atoms with E-state index in [2.05, 4.69) is 15.6 Å². The molecule has 0 aliphatic carbocycles. The van der Waals surface area contributed by atoms with Gasteiger partial charge in [0, 0.05) is 30.9 Å². The summed E-state index contributed by atoms with van der Waals surface area (Å²) in [6.07, 6.45) is 2.22. The minimum absolute atomic E-state index is 0.0482. The molecule has 148 valence electrons. The molecular weight excluding hydrogens is 362 g/mol.